The molecule has 7 heteroatoms. The normalized spacial score (nSPS) is 10.2. The van der Waals surface area contributed by atoms with Gasteiger partial charge < -0.3 is 10.5 Å². The van der Waals surface area contributed by atoms with Crippen molar-refractivity contribution >= 4 is 11.9 Å². The van der Waals surface area contributed by atoms with Gasteiger partial charge in [-0.05, 0) is 18.6 Å². The first-order valence-electron chi connectivity index (χ1n) is 5.98. The zero-order chi connectivity index (χ0) is 14.5. The van der Waals surface area contributed by atoms with E-state index < -0.39 is 0 Å². The number of carbonyl (C=O) groups excluding carboxylic acids is 1. The molecule has 2 rings (SSSR count). The number of nitrogens with zero attached hydrogens (tertiary/aromatic N) is 3. The van der Waals surface area contributed by atoms with E-state index in [9.17, 15) is 4.79 Å². The number of nitrogens with two attached hydrogens (primary N) is 1. The lowest BCUT2D eigenvalue weighted by molar-refractivity contribution is 0.102. The van der Waals surface area contributed by atoms with Gasteiger partial charge in [0.15, 0.2) is 0 Å². The molecule has 2 aromatic rings. The minimum Gasteiger partial charge on any atom is -0.481 e. The Morgan fingerprint density at radius 3 is 2.80 bits per heavy atom. The molecule has 2 heterocycles. The minimum atomic E-state index is -0.388. The summed E-state index contributed by atoms with van der Waals surface area (Å²) in [6, 6.07) is 5.02. The Hall–Kier alpha value is -2.54. The maximum atomic E-state index is 12.0. The Balaban J connectivity index is 2.16. The summed E-state index contributed by atoms with van der Waals surface area (Å²) >= 11 is 0. The van der Waals surface area contributed by atoms with Crippen molar-refractivity contribution in [2.24, 2.45) is 5.73 Å². The van der Waals surface area contributed by atoms with E-state index in [-0.39, 0.29) is 17.5 Å². The summed E-state index contributed by atoms with van der Waals surface area (Å²) < 4.78 is 5.02. The number of ether oxygens (including phenoxy) is 1. The number of amides is 1. The maximum Gasteiger partial charge on any atom is 0.276 e. The Morgan fingerprint density at radius 1 is 1.40 bits per heavy atom. The molecule has 0 aliphatic rings. The van der Waals surface area contributed by atoms with Crippen LogP contribution in [0.25, 0.3) is 0 Å². The van der Waals surface area contributed by atoms with Crippen molar-refractivity contribution in [3.05, 3.63) is 41.3 Å². The lowest BCUT2D eigenvalue weighted by atomic mass is 10.2. The van der Waals surface area contributed by atoms with Crippen molar-refractivity contribution in [1.29, 1.82) is 0 Å². The van der Waals surface area contributed by atoms with E-state index in [0.717, 1.165) is 5.56 Å². The molecule has 0 saturated heterocycles. The van der Waals surface area contributed by atoms with Crippen LogP contribution in [-0.4, -0.2) is 28.0 Å². The first kappa shape index (κ1) is 13.9. The summed E-state index contributed by atoms with van der Waals surface area (Å²) in [5.41, 5.74) is 7.29. The van der Waals surface area contributed by atoms with Crippen LogP contribution in [0.4, 0.5) is 5.95 Å². The molecule has 0 aromatic carbocycles. The molecule has 0 bridgehead atoms. The molecule has 104 valence electrons. The summed E-state index contributed by atoms with van der Waals surface area (Å²) in [4.78, 5) is 24.2. The summed E-state index contributed by atoms with van der Waals surface area (Å²) in [6.45, 7) is 2.17. The van der Waals surface area contributed by atoms with Crippen LogP contribution in [-0.2, 0) is 6.54 Å². The van der Waals surface area contributed by atoms with Gasteiger partial charge in [-0.2, -0.15) is 4.98 Å². The maximum absolute atomic E-state index is 12.0. The highest BCUT2D eigenvalue weighted by Gasteiger charge is 2.10. The van der Waals surface area contributed by atoms with Gasteiger partial charge in [0.25, 0.3) is 5.91 Å². The van der Waals surface area contributed by atoms with Crippen molar-refractivity contribution in [2.75, 3.05) is 12.4 Å². The zero-order valence-electron chi connectivity index (χ0n) is 11.3. The summed E-state index contributed by atoms with van der Waals surface area (Å²) in [5, 5.41) is 2.58. The number of aryl methyl sites for hydroxylation is 1. The van der Waals surface area contributed by atoms with Gasteiger partial charge in [-0.15, -0.1) is 0 Å². The Labute approximate surface area is 116 Å². The molecule has 1 amide bonds. The Bertz CT molecular complexity index is 613. The second-order valence-electron chi connectivity index (χ2n) is 4.09. The highest BCUT2D eigenvalue weighted by atomic mass is 16.5. The highest BCUT2D eigenvalue weighted by molar-refractivity contribution is 6.01. The van der Waals surface area contributed by atoms with E-state index in [4.69, 9.17) is 10.5 Å². The van der Waals surface area contributed by atoms with E-state index in [2.05, 4.69) is 20.3 Å². The number of rotatable bonds is 4. The third-order valence-corrected chi connectivity index (χ3v) is 2.56. The monoisotopic (exact) mass is 273 g/mol. The number of aromatic nitrogens is 3. The van der Waals surface area contributed by atoms with Crippen molar-refractivity contribution in [3.8, 4) is 5.88 Å². The molecule has 2 aromatic heterocycles. The van der Waals surface area contributed by atoms with Crippen LogP contribution in [0, 0.1) is 6.92 Å². The predicted molar refractivity (Wildman–Crippen MR) is 73.4 cm³/mol. The number of carbonyl (C=O) groups is 1. The predicted octanol–water partition coefficient (Wildman–Crippen LogP) is 0.900. The molecule has 0 spiro atoms. The second-order valence-corrected chi connectivity index (χ2v) is 4.09. The molecule has 0 saturated carbocycles. The smallest absolute Gasteiger partial charge is 0.276 e. The largest absolute Gasteiger partial charge is 0.481 e. The van der Waals surface area contributed by atoms with E-state index in [0.29, 0.717) is 18.1 Å². The van der Waals surface area contributed by atoms with Crippen LogP contribution in [0.1, 0.15) is 21.7 Å². The molecule has 0 aliphatic heterocycles. The van der Waals surface area contributed by atoms with Gasteiger partial charge in [-0.25, -0.2) is 4.98 Å². The molecule has 0 unspecified atom stereocenters. The van der Waals surface area contributed by atoms with Gasteiger partial charge in [0.05, 0.1) is 7.11 Å². The average Bonchev–Trinajstić information content (AvgIpc) is 2.46. The first-order valence-corrected chi connectivity index (χ1v) is 5.98. The fraction of sp³-hybridized carbons (Fsp3) is 0.231. The third kappa shape index (κ3) is 3.27. The number of anilines is 1. The van der Waals surface area contributed by atoms with Crippen LogP contribution in [0.15, 0.2) is 24.4 Å². The van der Waals surface area contributed by atoms with Crippen molar-refractivity contribution in [3.63, 3.8) is 0 Å². The van der Waals surface area contributed by atoms with E-state index in [1.165, 1.54) is 7.11 Å². The topological polar surface area (TPSA) is 103 Å². The number of pyridine rings is 1. The number of nitrogens with one attached hydrogen (secondary N) is 1. The summed E-state index contributed by atoms with van der Waals surface area (Å²) in [6.07, 6.45) is 1.56. The molecule has 0 fully saturated rings. The number of hydrogen-bond acceptors (Lipinski definition) is 6. The van der Waals surface area contributed by atoms with Crippen molar-refractivity contribution in [2.45, 2.75) is 13.5 Å². The number of hydrogen-bond donors (Lipinski definition) is 2. The van der Waals surface area contributed by atoms with Crippen LogP contribution in [0.5, 0.6) is 5.88 Å². The fourth-order valence-electron chi connectivity index (χ4n) is 1.55. The number of methoxy groups -OCH3 is 1. The molecule has 0 radical (unpaired) electrons. The van der Waals surface area contributed by atoms with Crippen LogP contribution in [0.2, 0.25) is 0 Å². The van der Waals surface area contributed by atoms with Gasteiger partial charge in [-0.1, -0.05) is 6.07 Å². The summed E-state index contributed by atoms with van der Waals surface area (Å²) in [7, 11) is 1.50. The molecule has 3 N–H and O–H groups in total. The zero-order valence-corrected chi connectivity index (χ0v) is 11.3. The van der Waals surface area contributed by atoms with E-state index in [1.54, 1.807) is 31.3 Å². The van der Waals surface area contributed by atoms with Crippen LogP contribution < -0.4 is 15.8 Å². The first-order chi connectivity index (χ1) is 9.62. The summed E-state index contributed by atoms with van der Waals surface area (Å²) in [5.74, 6) is 0.178. The Morgan fingerprint density at radius 2 is 2.20 bits per heavy atom. The third-order valence-electron chi connectivity index (χ3n) is 2.56. The van der Waals surface area contributed by atoms with Gasteiger partial charge in [-0.3, -0.25) is 15.1 Å². The quantitative estimate of drug-likeness (QED) is 0.857. The molecular formula is C13H15N5O2. The highest BCUT2D eigenvalue weighted by Crippen LogP contribution is 2.12. The van der Waals surface area contributed by atoms with E-state index in [1.807, 2.05) is 0 Å². The molecular weight excluding hydrogens is 258 g/mol. The lowest BCUT2D eigenvalue weighted by Crippen LogP contribution is -2.16. The van der Waals surface area contributed by atoms with Gasteiger partial charge in [0.2, 0.25) is 11.8 Å². The Kier molecular flexibility index (Phi) is 4.21. The standard InChI is InChI=1S/C13H15N5O2/c1-8-5-11(20-2)17-13(16-8)18-12(19)10-4-3-9(6-14)7-15-10/h3-5,7H,6,14H2,1-2H3,(H,16,17,18,19). The molecule has 0 atom stereocenters. The lowest BCUT2D eigenvalue weighted by Gasteiger charge is -2.06. The molecule has 20 heavy (non-hydrogen) atoms. The average molecular weight is 273 g/mol. The molecule has 7 nitrogen and oxygen atoms in total. The van der Waals surface area contributed by atoms with Gasteiger partial charge in [0.1, 0.15) is 5.69 Å². The minimum absolute atomic E-state index is 0.177. The van der Waals surface area contributed by atoms with Crippen molar-refractivity contribution in [1.82, 2.24) is 15.0 Å². The van der Waals surface area contributed by atoms with Gasteiger partial charge >= 0.3 is 0 Å². The fourth-order valence-corrected chi connectivity index (χ4v) is 1.55. The van der Waals surface area contributed by atoms with Crippen molar-refractivity contribution < 1.29 is 9.53 Å². The van der Waals surface area contributed by atoms with Crippen LogP contribution >= 0.6 is 0 Å². The van der Waals surface area contributed by atoms with Gasteiger partial charge in [0, 0.05) is 24.5 Å². The van der Waals surface area contributed by atoms with Crippen LogP contribution in [0.3, 0.4) is 0 Å². The van der Waals surface area contributed by atoms with E-state index >= 15 is 0 Å². The second kappa shape index (κ2) is 6.07. The molecule has 0 aliphatic carbocycles. The SMILES string of the molecule is COc1cc(C)nc(NC(=O)c2ccc(CN)cn2)n1.